The van der Waals surface area contributed by atoms with E-state index in [9.17, 15) is 19.0 Å². The second-order valence-corrected chi connectivity index (χ2v) is 7.56. The molecule has 5 nitrogen and oxygen atoms in total. The zero-order valence-corrected chi connectivity index (χ0v) is 9.44. The maximum Gasteiger partial charge on any atom is 0.334 e. The number of halogens is 1. The Kier molecular flexibility index (Phi) is 3.03. The third kappa shape index (κ3) is 2.98. The number of nitro groups is 1. The van der Waals surface area contributed by atoms with Crippen molar-refractivity contribution in [1.29, 1.82) is 0 Å². The molecule has 0 radical (unpaired) electrons. The second-order valence-electron chi connectivity index (χ2n) is 3.80. The van der Waals surface area contributed by atoms with Crippen LogP contribution in [0.1, 0.15) is 0 Å². The summed E-state index contributed by atoms with van der Waals surface area (Å²) in [5.41, 5.74) is -1.27. The smallest absolute Gasteiger partial charge is 0.313 e. The van der Waals surface area contributed by atoms with E-state index in [0.29, 0.717) is 0 Å². The average Bonchev–Trinajstić information content (AvgIpc) is 2.05. The summed E-state index contributed by atoms with van der Waals surface area (Å²) in [6.07, 6.45) is 1.30. The lowest BCUT2D eigenvalue weighted by Crippen LogP contribution is -2.33. The molecule has 0 aliphatic carbocycles. The minimum Gasteiger partial charge on any atom is -0.313 e. The van der Waals surface area contributed by atoms with E-state index < -0.39 is 24.6 Å². The topological polar surface area (TPSA) is 65.1 Å². The van der Waals surface area contributed by atoms with Gasteiger partial charge in [0.2, 0.25) is 0 Å². The Bertz CT molecular complexity index is 438. The van der Waals surface area contributed by atoms with Crippen LogP contribution in [0.4, 0.5) is 9.80 Å². The molecule has 0 atom stereocenters. The third-order valence-corrected chi connectivity index (χ3v) is 2.84. The second kappa shape index (κ2) is 3.93. The molecule has 0 saturated carbocycles. The fraction of sp³-hybridized carbons (Fsp3) is 0.375. The van der Waals surface area contributed by atoms with E-state index in [4.69, 9.17) is 0 Å². The number of hydrogen-bond acceptors (Lipinski definition) is 3. The van der Waals surface area contributed by atoms with Gasteiger partial charge in [-0.3, -0.25) is 14.9 Å². The van der Waals surface area contributed by atoms with Gasteiger partial charge in [0.15, 0.2) is 0 Å². The molecule has 0 fully saturated rings. The van der Waals surface area contributed by atoms with E-state index in [1.807, 2.05) is 0 Å². The maximum atomic E-state index is 13.4. The Balaban J connectivity index is 3.17. The first-order chi connectivity index (χ1) is 6.81. The molecule has 0 aromatic carbocycles. The van der Waals surface area contributed by atoms with Gasteiger partial charge >= 0.3 is 11.2 Å². The molecule has 7 heteroatoms. The molecule has 1 rings (SSSR count). The van der Waals surface area contributed by atoms with E-state index in [2.05, 4.69) is 0 Å². The Hall–Kier alpha value is -1.50. The minimum atomic E-state index is -2.95. The van der Waals surface area contributed by atoms with Gasteiger partial charge < -0.3 is 8.67 Å². The van der Waals surface area contributed by atoms with Crippen molar-refractivity contribution in [2.75, 3.05) is 0 Å². The van der Waals surface area contributed by atoms with Crippen LogP contribution in [0.25, 0.3) is 0 Å². The lowest BCUT2D eigenvalue weighted by molar-refractivity contribution is -0.386. The number of rotatable bonds is 3. The largest absolute Gasteiger partial charge is 0.334 e. The Morgan fingerprint density at radius 1 is 1.60 bits per heavy atom. The Morgan fingerprint density at radius 2 is 2.20 bits per heavy atom. The fourth-order valence-electron chi connectivity index (χ4n) is 1.19. The molecule has 0 aliphatic heterocycles. The van der Waals surface area contributed by atoms with Crippen LogP contribution in [0, 0.1) is 10.1 Å². The van der Waals surface area contributed by atoms with E-state index in [0.717, 1.165) is 10.6 Å². The van der Waals surface area contributed by atoms with Crippen LogP contribution in [0.3, 0.4) is 0 Å². The van der Waals surface area contributed by atoms with Crippen LogP contribution < -0.4 is 5.56 Å². The summed E-state index contributed by atoms with van der Waals surface area (Å²) >= 11 is 0. The molecule has 0 spiro atoms. The van der Waals surface area contributed by atoms with Gasteiger partial charge in [-0.1, -0.05) is 0 Å². The molecule has 0 saturated heterocycles. The van der Waals surface area contributed by atoms with Crippen molar-refractivity contribution < 1.29 is 9.03 Å². The Morgan fingerprint density at radius 3 is 2.67 bits per heavy atom. The first-order valence-corrected chi connectivity index (χ1v) is 7.42. The molecule has 1 aromatic rings. The molecular formula is C8H11FN2O3Si. The van der Waals surface area contributed by atoms with Gasteiger partial charge in [-0.25, -0.2) is 0 Å². The van der Waals surface area contributed by atoms with Crippen molar-refractivity contribution in [2.45, 2.75) is 19.3 Å². The number of hydrogen-bond donors (Lipinski definition) is 0. The SMILES string of the molecule is C[Si](C)(F)Cn1cccc([N+](=O)[O-])c1=O. The van der Waals surface area contributed by atoms with Crippen LogP contribution in [0.2, 0.25) is 13.1 Å². The van der Waals surface area contributed by atoms with Crippen molar-refractivity contribution in [3.63, 3.8) is 0 Å². The first kappa shape index (κ1) is 11.6. The standard InChI is InChI=1S/C8H11FN2O3Si/c1-15(2,9)6-10-5-3-4-7(8(10)12)11(13)14/h3-5H,6H2,1-2H3. The summed E-state index contributed by atoms with van der Waals surface area (Å²) in [5, 5.41) is 10.4. The summed E-state index contributed by atoms with van der Waals surface area (Å²) in [4.78, 5) is 21.2. The van der Waals surface area contributed by atoms with Gasteiger partial charge in [-0.2, -0.15) is 0 Å². The van der Waals surface area contributed by atoms with E-state index in [1.165, 1.54) is 25.4 Å². The minimum absolute atomic E-state index is 0.0620. The fourth-order valence-corrected chi connectivity index (χ4v) is 2.25. The van der Waals surface area contributed by atoms with Gasteiger partial charge in [-0.15, -0.1) is 0 Å². The zero-order chi connectivity index (χ0) is 11.6. The van der Waals surface area contributed by atoms with E-state index in [1.54, 1.807) is 0 Å². The van der Waals surface area contributed by atoms with Crippen LogP contribution in [-0.4, -0.2) is 17.9 Å². The van der Waals surface area contributed by atoms with Gasteiger partial charge in [-0.05, 0) is 19.2 Å². The molecule has 0 aliphatic rings. The molecule has 0 unspecified atom stereocenters. The number of aromatic nitrogens is 1. The summed E-state index contributed by atoms with van der Waals surface area (Å²) < 4.78 is 14.5. The molecular weight excluding hydrogens is 219 g/mol. The summed E-state index contributed by atoms with van der Waals surface area (Å²) in [6, 6.07) is 2.49. The lowest BCUT2D eigenvalue weighted by Gasteiger charge is -2.12. The zero-order valence-electron chi connectivity index (χ0n) is 8.44. The first-order valence-electron chi connectivity index (χ1n) is 4.34. The highest BCUT2D eigenvalue weighted by Gasteiger charge is 2.23. The molecule has 82 valence electrons. The van der Waals surface area contributed by atoms with Crippen molar-refractivity contribution in [2.24, 2.45) is 0 Å². The number of pyridine rings is 1. The lowest BCUT2D eigenvalue weighted by atomic mass is 10.4. The van der Waals surface area contributed by atoms with Crippen LogP contribution in [0.15, 0.2) is 23.1 Å². The predicted molar refractivity (Wildman–Crippen MR) is 55.9 cm³/mol. The highest BCUT2D eigenvalue weighted by Crippen LogP contribution is 2.07. The molecule has 15 heavy (non-hydrogen) atoms. The molecule has 1 aromatic heterocycles. The summed E-state index contributed by atoms with van der Waals surface area (Å²) in [5.74, 6) is 0. The Labute approximate surface area is 86.5 Å². The summed E-state index contributed by atoms with van der Waals surface area (Å²) in [7, 11) is -2.95. The summed E-state index contributed by atoms with van der Waals surface area (Å²) in [6.45, 7) is 2.89. The molecule has 0 N–H and O–H groups in total. The highest BCUT2D eigenvalue weighted by molar-refractivity contribution is 6.69. The van der Waals surface area contributed by atoms with Crippen molar-refractivity contribution in [3.8, 4) is 0 Å². The average molecular weight is 230 g/mol. The quantitative estimate of drug-likeness (QED) is 0.342. The van der Waals surface area contributed by atoms with Crippen molar-refractivity contribution in [3.05, 3.63) is 38.8 Å². The number of nitrogens with zero attached hydrogens (tertiary/aromatic N) is 2. The van der Waals surface area contributed by atoms with Gasteiger partial charge in [0, 0.05) is 18.4 Å². The normalized spacial score (nSPS) is 11.4. The highest BCUT2D eigenvalue weighted by atomic mass is 28.4. The van der Waals surface area contributed by atoms with Gasteiger partial charge in [0.25, 0.3) is 8.41 Å². The van der Waals surface area contributed by atoms with E-state index in [-0.39, 0.29) is 6.17 Å². The van der Waals surface area contributed by atoms with Gasteiger partial charge in [0.05, 0.1) is 4.92 Å². The van der Waals surface area contributed by atoms with Crippen LogP contribution >= 0.6 is 0 Å². The van der Waals surface area contributed by atoms with Gasteiger partial charge in [0.1, 0.15) is 0 Å². The molecule has 0 amide bonds. The third-order valence-electron chi connectivity index (χ3n) is 1.74. The predicted octanol–water partition coefficient (Wildman–Crippen LogP) is 1.47. The monoisotopic (exact) mass is 230 g/mol. The maximum absolute atomic E-state index is 13.4. The van der Waals surface area contributed by atoms with Crippen molar-refractivity contribution >= 4 is 14.1 Å². The van der Waals surface area contributed by atoms with Crippen LogP contribution in [0.5, 0.6) is 0 Å². The molecule has 0 bridgehead atoms. The van der Waals surface area contributed by atoms with Crippen molar-refractivity contribution in [1.82, 2.24) is 4.57 Å². The van der Waals surface area contributed by atoms with Crippen LogP contribution in [-0.2, 0) is 6.17 Å². The molecule has 1 heterocycles. The van der Waals surface area contributed by atoms with E-state index >= 15 is 0 Å².